The van der Waals surface area contributed by atoms with Gasteiger partial charge in [0.15, 0.2) is 6.10 Å². The molecule has 0 heterocycles. The van der Waals surface area contributed by atoms with E-state index in [1.165, 1.54) is 22.4 Å². The van der Waals surface area contributed by atoms with E-state index in [0.29, 0.717) is 11.3 Å². The van der Waals surface area contributed by atoms with E-state index in [1.54, 1.807) is 45.3 Å². The normalized spacial score (nSPS) is 14.0. The molecule has 3 rings (SSSR count). The summed E-state index contributed by atoms with van der Waals surface area (Å²) < 4.78 is 5.97. The average Bonchev–Trinajstić information content (AvgIpc) is 2.68. The van der Waals surface area contributed by atoms with Gasteiger partial charge in [0, 0.05) is 25.3 Å². The van der Waals surface area contributed by atoms with Crippen LogP contribution in [0.4, 0.5) is 5.69 Å². The zero-order valence-electron chi connectivity index (χ0n) is 16.1. The fraction of sp³-hybridized carbons (Fsp3) is 0.364. The Labute approximate surface area is 160 Å². The number of nitrogens with one attached hydrogen (secondary N) is 1. The quantitative estimate of drug-likeness (QED) is 0.878. The summed E-state index contributed by atoms with van der Waals surface area (Å²) in [4.78, 5) is 25.9. The molecule has 0 saturated heterocycles. The Balaban J connectivity index is 1.64. The van der Waals surface area contributed by atoms with E-state index in [9.17, 15) is 9.59 Å². The Bertz CT molecular complexity index is 828. The highest BCUT2D eigenvalue weighted by Crippen LogP contribution is 2.30. The van der Waals surface area contributed by atoms with Crippen LogP contribution in [-0.2, 0) is 17.6 Å². The number of amides is 2. The standard InChI is InChI=1S/C22H26N2O3/c1-15(27-20-10-6-8-16-7-4-5-9-19(16)20)21(25)23-18-13-11-17(12-14-18)22(26)24(2)3/h6,8,10-15H,4-5,7,9H2,1-3H3,(H,23,25)/t15-/m0/s1. The van der Waals surface area contributed by atoms with Gasteiger partial charge in [0.1, 0.15) is 5.75 Å². The molecule has 0 aromatic heterocycles. The maximum absolute atomic E-state index is 12.5. The van der Waals surface area contributed by atoms with Crippen molar-refractivity contribution >= 4 is 17.5 Å². The molecule has 5 nitrogen and oxygen atoms in total. The number of rotatable bonds is 5. The van der Waals surface area contributed by atoms with E-state index in [1.807, 2.05) is 12.1 Å². The van der Waals surface area contributed by atoms with Gasteiger partial charge < -0.3 is 15.0 Å². The van der Waals surface area contributed by atoms with Gasteiger partial charge in [0.2, 0.25) is 0 Å². The molecule has 1 atom stereocenters. The summed E-state index contributed by atoms with van der Waals surface area (Å²) in [5, 5.41) is 2.85. The van der Waals surface area contributed by atoms with Crippen molar-refractivity contribution in [2.24, 2.45) is 0 Å². The minimum Gasteiger partial charge on any atom is -0.481 e. The second-order valence-corrected chi connectivity index (χ2v) is 7.13. The fourth-order valence-corrected chi connectivity index (χ4v) is 3.30. The van der Waals surface area contributed by atoms with Crippen molar-refractivity contribution < 1.29 is 14.3 Å². The first kappa shape index (κ1) is 19.0. The second-order valence-electron chi connectivity index (χ2n) is 7.13. The van der Waals surface area contributed by atoms with Crippen LogP contribution in [0.3, 0.4) is 0 Å². The van der Waals surface area contributed by atoms with Crippen molar-refractivity contribution in [1.82, 2.24) is 4.90 Å². The molecular formula is C22H26N2O3. The third-order valence-corrected chi connectivity index (χ3v) is 4.83. The summed E-state index contributed by atoms with van der Waals surface area (Å²) in [5.74, 6) is 0.523. The van der Waals surface area contributed by atoms with E-state index in [0.717, 1.165) is 25.0 Å². The number of hydrogen-bond donors (Lipinski definition) is 1. The molecule has 0 saturated carbocycles. The molecule has 27 heavy (non-hydrogen) atoms. The lowest BCUT2D eigenvalue weighted by Gasteiger charge is -2.22. The Morgan fingerprint density at radius 2 is 1.74 bits per heavy atom. The minimum absolute atomic E-state index is 0.0709. The van der Waals surface area contributed by atoms with Crippen LogP contribution in [0, 0.1) is 0 Å². The highest BCUT2D eigenvalue weighted by Gasteiger charge is 2.19. The third-order valence-electron chi connectivity index (χ3n) is 4.83. The average molecular weight is 366 g/mol. The van der Waals surface area contributed by atoms with Gasteiger partial charge in [0.25, 0.3) is 11.8 Å². The third kappa shape index (κ3) is 4.48. The highest BCUT2D eigenvalue weighted by molar-refractivity contribution is 5.96. The first-order chi connectivity index (χ1) is 13.0. The number of fused-ring (bicyclic) bond motifs is 1. The summed E-state index contributed by atoms with van der Waals surface area (Å²) in [6.07, 6.45) is 3.83. The van der Waals surface area contributed by atoms with Crippen LogP contribution in [0.2, 0.25) is 0 Å². The van der Waals surface area contributed by atoms with E-state index in [2.05, 4.69) is 11.4 Å². The molecule has 1 N–H and O–H groups in total. The topological polar surface area (TPSA) is 58.6 Å². The number of carbonyl (C=O) groups is 2. The molecule has 2 aromatic rings. The lowest BCUT2D eigenvalue weighted by molar-refractivity contribution is -0.122. The molecule has 2 amide bonds. The number of hydrogen-bond acceptors (Lipinski definition) is 3. The minimum atomic E-state index is -0.610. The lowest BCUT2D eigenvalue weighted by atomic mass is 9.91. The van der Waals surface area contributed by atoms with Crippen molar-refractivity contribution in [3.63, 3.8) is 0 Å². The molecule has 0 fully saturated rings. The van der Waals surface area contributed by atoms with Gasteiger partial charge >= 0.3 is 0 Å². The molecule has 1 aliphatic rings. The first-order valence-electron chi connectivity index (χ1n) is 9.35. The van der Waals surface area contributed by atoms with Gasteiger partial charge in [-0.05, 0) is 74.1 Å². The van der Waals surface area contributed by atoms with E-state index in [4.69, 9.17) is 4.74 Å². The highest BCUT2D eigenvalue weighted by atomic mass is 16.5. The molecule has 5 heteroatoms. The summed E-state index contributed by atoms with van der Waals surface area (Å²) >= 11 is 0. The van der Waals surface area contributed by atoms with Gasteiger partial charge in [-0.1, -0.05) is 12.1 Å². The van der Waals surface area contributed by atoms with Gasteiger partial charge in [-0.15, -0.1) is 0 Å². The van der Waals surface area contributed by atoms with Crippen molar-refractivity contribution in [1.29, 1.82) is 0 Å². The maximum Gasteiger partial charge on any atom is 0.265 e. The van der Waals surface area contributed by atoms with E-state index < -0.39 is 6.10 Å². The van der Waals surface area contributed by atoms with Crippen molar-refractivity contribution in [3.8, 4) is 5.75 Å². The van der Waals surface area contributed by atoms with Crippen LogP contribution in [0.25, 0.3) is 0 Å². The van der Waals surface area contributed by atoms with E-state index >= 15 is 0 Å². The number of carbonyl (C=O) groups excluding carboxylic acids is 2. The van der Waals surface area contributed by atoms with Crippen LogP contribution in [-0.4, -0.2) is 36.9 Å². The largest absolute Gasteiger partial charge is 0.481 e. The predicted octanol–water partition coefficient (Wildman–Crippen LogP) is 3.67. The summed E-state index contributed by atoms with van der Waals surface area (Å²) in [6, 6.07) is 12.9. The smallest absolute Gasteiger partial charge is 0.265 e. The molecule has 0 aliphatic heterocycles. The van der Waals surface area contributed by atoms with Gasteiger partial charge in [-0.3, -0.25) is 9.59 Å². The number of nitrogens with zero attached hydrogens (tertiary/aromatic N) is 1. The van der Waals surface area contributed by atoms with Crippen LogP contribution >= 0.6 is 0 Å². The lowest BCUT2D eigenvalue weighted by Crippen LogP contribution is -2.30. The van der Waals surface area contributed by atoms with Crippen molar-refractivity contribution in [2.45, 2.75) is 38.7 Å². The monoisotopic (exact) mass is 366 g/mol. The molecule has 0 unspecified atom stereocenters. The maximum atomic E-state index is 12.5. The van der Waals surface area contributed by atoms with Crippen molar-refractivity contribution in [2.75, 3.05) is 19.4 Å². The number of aryl methyl sites for hydroxylation is 1. The van der Waals surface area contributed by atoms with Crippen LogP contribution in [0.15, 0.2) is 42.5 Å². The fourth-order valence-electron chi connectivity index (χ4n) is 3.30. The Kier molecular flexibility index (Phi) is 5.79. The molecule has 0 radical (unpaired) electrons. The predicted molar refractivity (Wildman–Crippen MR) is 106 cm³/mol. The molecule has 2 aromatic carbocycles. The summed E-state index contributed by atoms with van der Waals surface area (Å²) in [7, 11) is 3.42. The van der Waals surface area contributed by atoms with Gasteiger partial charge in [-0.2, -0.15) is 0 Å². The summed E-state index contributed by atoms with van der Waals surface area (Å²) in [5.41, 5.74) is 3.78. The van der Waals surface area contributed by atoms with Crippen molar-refractivity contribution in [3.05, 3.63) is 59.2 Å². The zero-order valence-corrected chi connectivity index (χ0v) is 16.1. The number of anilines is 1. The second kappa shape index (κ2) is 8.25. The number of benzene rings is 2. The molecular weight excluding hydrogens is 340 g/mol. The SMILES string of the molecule is C[C@H](Oc1cccc2c1CCCC2)C(=O)Nc1ccc(C(=O)N(C)C)cc1. The molecule has 0 spiro atoms. The number of ether oxygens (including phenoxy) is 1. The Hall–Kier alpha value is -2.82. The first-order valence-corrected chi connectivity index (χ1v) is 9.35. The van der Waals surface area contributed by atoms with Gasteiger partial charge in [0.05, 0.1) is 0 Å². The summed E-state index contributed by atoms with van der Waals surface area (Å²) in [6.45, 7) is 1.75. The van der Waals surface area contributed by atoms with Crippen LogP contribution in [0.1, 0.15) is 41.3 Å². The van der Waals surface area contributed by atoms with Gasteiger partial charge in [-0.25, -0.2) is 0 Å². The van der Waals surface area contributed by atoms with Crippen LogP contribution in [0.5, 0.6) is 5.75 Å². The molecule has 0 bridgehead atoms. The zero-order chi connectivity index (χ0) is 19.4. The molecule has 142 valence electrons. The van der Waals surface area contributed by atoms with Crippen LogP contribution < -0.4 is 10.1 Å². The van der Waals surface area contributed by atoms with E-state index in [-0.39, 0.29) is 11.8 Å². The Morgan fingerprint density at radius 1 is 1.04 bits per heavy atom. The molecule has 1 aliphatic carbocycles. The Morgan fingerprint density at radius 3 is 2.44 bits per heavy atom.